The van der Waals surface area contributed by atoms with Crippen LogP contribution in [0.2, 0.25) is 0 Å². The molecule has 0 spiro atoms. The highest BCUT2D eigenvalue weighted by molar-refractivity contribution is 5.97. The Hall–Kier alpha value is -2.91. The number of benzene rings is 3. The Kier molecular flexibility index (Phi) is 5.27. The molecule has 1 atom stereocenters. The second kappa shape index (κ2) is 7.99. The lowest BCUT2D eigenvalue weighted by Crippen LogP contribution is -2.55. The summed E-state index contributed by atoms with van der Waals surface area (Å²) in [4.78, 5) is 17.3. The molecule has 1 fully saturated rings. The lowest BCUT2D eigenvalue weighted by Gasteiger charge is -2.39. The molecular weight excluding hydrogens is 344 g/mol. The van der Waals surface area contributed by atoms with Crippen molar-refractivity contribution in [2.24, 2.45) is 0 Å². The van der Waals surface area contributed by atoms with E-state index in [-0.39, 0.29) is 11.9 Å². The predicted molar refractivity (Wildman–Crippen MR) is 115 cm³/mol. The molecule has 1 aliphatic rings. The summed E-state index contributed by atoms with van der Waals surface area (Å²) in [6.07, 6.45) is 0. The Morgan fingerprint density at radius 3 is 2.18 bits per heavy atom. The van der Waals surface area contributed by atoms with Crippen molar-refractivity contribution in [1.29, 1.82) is 0 Å². The molecule has 3 nitrogen and oxygen atoms in total. The summed E-state index contributed by atoms with van der Waals surface area (Å²) < 4.78 is 0. The molecule has 0 radical (unpaired) electrons. The summed E-state index contributed by atoms with van der Waals surface area (Å²) in [6.45, 7) is 6.57. The average Bonchev–Trinajstić information content (AvgIpc) is 2.74. The second-order valence-electron chi connectivity index (χ2n) is 7.48. The maximum absolute atomic E-state index is 13.1. The molecule has 142 valence electrons. The van der Waals surface area contributed by atoms with Gasteiger partial charge in [-0.15, -0.1) is 0 Å². The first-order chi connectivity index (χ1) is 13.6. The first-order valence-electron chi connectivity index (χ1n) is 9.89. The molecule has 4 rings (SSSR count). The third-order valence-electron chi connectivity index (χ3n) is 5.70. The zero-order valence-corrected chi connectivity index (χ0v) is 16.5. The van der Waals surface area contributed by atoms with Crippen molar-refractivity contribution in [1.82, 2.24) is 4.90 Å². The summed E-state index contributed by atoms with van der Waals surface area (Å²) >= 11 is 0. The number of rotatable bonds is 4. The zero-order valence-electron chi connectivity index (χ0n) is 16.5. The van der Waals surface area contributed by atoms with Gasteiger partial charge in [0.1, 0.15) is 0 Å². The predicted octanol–water partition coefficient (Wildman–Crippen LogP) is 4.90. The van der Waals surface area contributed by atoms with Gasteiger partial charge >= 0.3 is 0 Å². The third-order valence-corrected chi connectivity index (χ3v) is 5.70. The molecule has 0 bridgehead atoms. The topological polar surface area (TPSA) is 23.6 Å². The van der Waals surface area contributed by atoms with Crippen LogP contribution >= 0.6 is 0 Å². The molecule has 28 heavy (non-hydrogen) atoms. The average molecular weight is 370 g/mol. The van der Waals surface area contributed by atoms with Crippen molar-refractivity contribution in [2.75, 3.05) is 18.0 Å². The number of carbonyl (C=O) groups excluding carboxylic acids is 1. The Bertz CT molecular complexity index is 950. The van der Waals surface area contributed by atoms with Gasteiger partial charge in [-0.3, -0.25) is 9.69 Å². The van der Waals surface area contributed by atoms with Crippen molar-refractivity contribution >= 4 is 11.6 Å². The lowest BCUT2D eigenvalue weighted by molar-refractivity contribution is -0.125. The van der Waals surface area contributed by atoms with Gasteiger partial charge in [-0.2, -0.15) is 0 Å². The molecule has 0 aromatic heterocycles. The number of amides is 1. The number of hydrogen-bond acceptors (Lipinski definition) is 2. The Labute approximate surface area is 167 Å². The molecule has 0 aliphatic carbocycles. The number of piperazine rings is 1. The minimum atomic E-state index is -0.123. The minimum absolute atomic E-state index is 0.123. The Morgan fingerprint density at radius 2 is 1.46 bits per heavy atom. The van der Waals surface area contributed by atoms with E-state index in [9.17, 15) is 4.79 Å². The van der Waals surface area contributed by atoms with Crippen molar-refractivity contribution in [3.8, 4) is 11.1 Å². The van der Waals surface area contributed by atoms with Gasteiger partial charge in [0.05, 0.1) is 6.04 Å². The van der Waals surface area contributed by atoms with Gasteiger partial charge in [-0.05, 0) is 48.2 Å². The van der Waals surface area contributed by atoms with Crippen molar-refractivity contribution < 1.29 is 4.79 Å². The maximum Gasteiger partial charge on any atom is 0.244 e. The van der Waals surface area contributed by atoms with E-state index in [1.807, 2.05) is 30.0 Å². The van der Waals surface area contributed by atoms with Crippen molar-refractivity contribution in [2.45, 2.75) is 26.4 Å². The number of nitrogens with zero attached hydrogens (tertiary/aromatic N) is 2. The highest BCUT2D eigenvalue weighted by atomic mass is 16.2. The molecule has 0 saturated carbocycles. The molecule has 1 amide bonds. The Balaban J connectivity index is 1.47. The zero-order chi connectivity index (χ0) is 19.5. The maximum atomic E-state index is 13.1. The van der Waals surface area contributed by atoms with Gasteiger partial charge in [0, 0.05) is 25.3 Å². The van der Waals surface area contributed by atoms with Crippen molar-refractivity contribution in [3.05, 3.63) is 90.0 Å². The Morgan fingerprint density at radius 1 is 0.821 bits per heavy atom. The van der Waals surface area contributed by atoms with Gasteiger partial charge in [-0.25, -0.2) is 0 Å². The van der Waals surface area contributed by atoms with E-state index in [0.717, 1.165) is 25.3 Å². The standard InChI is InChI=1S/C25H26N2O/c1-19-8-6-7-11-23(19)18-26-16-17-27(25(28)20(26)2)24-14-12-22(13-15-24)21-9-4-3-5-10-21/h3-15,20H,16-18H2,1-2H3/t20-/m1/s1. The van der Waals surface area contributed by atoms with E-state index in [0.29, 0.717) is 0 Å². The van der Waals surface area contributed by atoms with Crippen LogP contribution in [0.1, 0.15) is 18.1 Å². The normalized spacial score (nSPS) is 17.7. The summed E-state index contributed by atoms with van der Waals surface area (Å²) in [5, 5.41) is 0. The van der Waals surface area contributed by atoms with Gasteiger partial charge in [0.15, 0.2) is 0 Å². The molecule has 3 aromatic rings. The van der Waals surface area contributed by atoms with E-state index in [4.69, 9.17) is 0 Å². The number of carbonyl (C=O) groups is 1. The summed E-state index contributed by atoms with van der Waals surface area (Å²) in [5.41, 5.74) is 5.91. The van der Waals surface area contributed by atoms with Gasteiger partial charge in [-0.1, -0.05) is 66.7 Å². The second-order valence-corrected chi connectivity index (χ2v) is 7.48. The molecule has 0 N–H and O–H groups in total. The van der Waals surface area contributed by atoms with E-state index in [1.165, 1.54) is 22.3 Å². The molecule has 1 aliphatic heterocycles. The van der Waals surface area contributed by atoms with Crippen LogP contribution < -0.4 is 4.90 Å². The van der Waals surface area contributed by atoms with E-state index in [1.54, 1.807) is 0 Å². The monoisotopic (exact) mass is 370 g/mol. The number of anilines is 1. The van der Waals surface area contributed by atoms with Gasteiger partial charge in [0.2, 0.25) is 5.91 Å². The van der Waals surface area contributed by atoms with Crippen LogP contribution in [0.3, 0.4) is 0 Å². The molecule has 3 aromatic carbocycles. The highest BCUT2D eigenvalue weighted by Gasteiger charge is 2.32. The first kappa shape index (κ1) is 18.5. The molecular formula is C25H26N2O. The van der Waals surface area contributed by atoms with Crippen molar-refractivity contribution in [3.63, 3.8) is 0 Å². The van der Waals surface area contributed by atoms with E-state index in [2.05, 4.69) is 72.5 Å². The van der Waals surface area contributed by atoms with Crippen LogP contribution in [-0.4, -0.2) is 29.9 Å². The molecule has 0 unspecified atom stereocenters. The van der Waals surface area contributed by atoms with Crippen LogP contribution in [0.5, 0.6) is 0 Å². The van der Waals surface area contributed by atoms with Crippen LogP contribution in [-0.2, 0) is 11.3 Å². The van der Waals surface area contributed by atoms with Crippen LogP contribution in [0, 0.1) is 6.92 Å². The van der Waals surface area contributed by atoms with E-state index >= 15 is 0 Å². The largest absolute Gasteiger partial charge is 0.310 e. The SMILES string of the molecule is Cc1ccccc1CN1CCN(c2ccc(-c3ccccc3)cc2)C(=O)[C@H]1C. The smallest absolute Gasteiger partial charge is 0.244 e. The summed E-state index contributed by atoms with van der Waals surface area (Å²) in [7, 11) is 0. The fourth-order valence-electron chi connectivity index (χ4n) is 3.86. The van der Waals surface area contributed by atoms with Crippen LogP contribution in [0.25, 0.3) is 11.1 Å². The third kappa shape index (κ3) is 3.71. The molecule has 3 heteroatoms. The fourth-order valence-corrected chi connectivity index (χ4v) is 3.86. The van der Waals surface area contributed by atoms with Gasteiger partial charge < -0.3 is 4.90 Å². The summed E-state index contributed by atoms with van der Waals surface area (Å²) in [6, 6.07) is 26.9. The number of aryl methyl sites for hydroxylation is 1. The van der Waals surface area contributed by atoms with Crippen LogP contribution in [0.4, 0.5) is 5.69 Å². The highest BCUT2D eigenvalue weighted by Crippen LogP contribution is 2.26. The fraction of sp³-hybridized carbons (Fsp3) is 0.240. The van der Waals surface area contributed by atoms with Crippen LogP contribution in [0.15, 0.2) is 78.9 Å². The van der Waals surface area contributed by atoms with E-state index < -0.39 is 0 Å². The quantitative estimate of drug-likeness (QED) is 0.652. The first-order valence-corrected chi connectivity index (χ1v) is 9.89. The van der Waals surface area contributed by atoms with Gasteiger partial charge in [0.25, 0.3) is 0 Å². The summed E-state index contributed by atoms with van der Waals surface area (Å²) in [5.74, 6) is 0.173. The molecule has 1 heterocycles. The molecule has 1 saturated heterocycles. The lowest BCUT2D eigenvalue weighted by atomic mass is 10.0. The minimum Gasteiger partial charge on any atom is -0.310 e. The number of hydrogen-bond donors (Lipinski definition) is 0.